The molecule has 114 valence electrons. The maximum Gasteiger partial charge on any atom is 0.338 e. The maximum absolute atomic E-state index is 12.2. The van der Waals surface area contributed by atoms with E-state index in [1.54, 1.807) is 62.6 Å². The summed E-state index contributed by atoms with van der Waals surface area (Å²) < 4.78 is 10.2. The number of carbonyl (C=O) groups is 2. The van der Waals surface area contributed by atoms with E-state index in [1.807, 2.05) is 0 Å². The number of ketones is 1. The van der Waals surface area contributed by atoms with Crippen molar-refractivity contribution in [2.45, 2.75) is 13.0 Å². The van der Waals surface area contributed by atoms with Crippen LogP contribution in [0.15, 0.2) is 48.5 Å². The Balaban J connectivity index is 2.03. The van der Waals surface area contributed by atoms with Gasteiger partial charge >= 0.3 is 5.97 Å². The molecule has 0 saturated heterocycles. The van der Waals surface area contributed by atoms with Crippen molar-refractivity contribution in [1.82, 2.24) is 0 Å². The van der Waals surface area contributed by atoms with Crippen LogP contribution in [0, 0.1) is 0 Å². The van der Waals surface area contributed by atoms with Crippen LogP contribution < -0.4 is 10.5 Å². The van der Waals surface area contributed by atoms with Crippen molar-refractivity contribution < 1.29 is 19.1 Å². The Morgan fingerprint density at radius 1 is 0.955 bits per heavy atom. The Morgan fingerprint density at radius 3 is 2.05 bits per heavy atom. The van der Waals surface area contributed by atoms with E-state index >= 15 is 0 Å². The summed E-state index contributed by atoms with van der Waals surface area (Å²) in [6.45, 7) is 1.54. The standard InChI is InChI=1S/C17H17NO4/c1-11(16(19)12-5-9-15(21-2)10-6-12)22-17(20)13-3-7-14(18)8-4-13/h3-11H,18H2,1-2H3. The molecule has 0 amide bonds. The first-order valence-corrected chi connectivity index (χ1v) is 6.76. The summed E-state index contributed by atoms with van der Waals surface area (Å²) >= 11 is 0. The monoisotopic (exact) mass is 299 g/mol. The fraction of sp³-hybridized carbons (Fsp3) is 0.176. The van der Waals surface area contributed by atoms with Crippen LogP contribution in [0.5, 0.6) is 5.75 Å². The molecule has 5 nitrogen and oxygen atoms in total. The molecule has 0 aromatic heterocycles. The minimum absolute atomic E-state index is 0.272. The van der Waals surface area contributed by atoms with E-state index < -0.39 is 12.1 Å². The second kappa shape index (κ2) is 6.76. The quantitative estimate of drug-likeness (QED) is 0.521. The molecular formula is C17H17NO4. The van der Waals surface area contributed by atoms with Gasteiger partial charge < -0.3 is 15.2 Å². The number of hydrogen-bond acceptors (Lipinski definition) is 5. The molecule has 0 radical (unpaired) electrons. The number of esters is 1. The molecule has 2 aromatic carbocycles. The molecule has 5 heteroatoms. The molecule has 0 heterocycles. The average Bonchev–Trinajstić information content (AvgIpc) is 2.54. The van der Waals surface area contributed by atoms with Gasteiger partial charge in [-0.25, -0.2) is 4.79 Å². The predicted octanol–water partition coefficient (Wildman–Crippen LogP) is 2.71. The highest BCUT2D eigenvalue weighted by atomic mass is 16.5. The SMILES string of the molecule is COc1ccc(C(=O)C(C)OC(=O)c2ccc(N)cc2)cc1. The first kappa shape index (κ1) is 15.6. The number of nitrogens with two attached hydrogens (primary N) is 1. The average molecular weight is 299 g/mol. The molecule has 0 aliphatic heterocycles. The van der Waals surface area contributed by atoms with E-state index in [0.29, 0.717) is 22.6 Å². The molecule has 2 N–H and O–H groups in total. The van der Waals surface area contributed by atoms with Gasteiger partial charge in [-0.15, -0.1) is 0 Å². The molecule has 2 rings (SSSR count). The van der Waals surface area contributed by atoms with Gasteiger partial charge in [0.05, 0.1) is 12.7 Å². The molecule has 0 aliphatic carbocycles. The van der Waals surface area contributed by atoms with E-state index in [2.05, 4.69) is 0 Å². The molecule has 0 bridgehead atoms. The van der Waals surface area contributed by atoms with E-state index in [0.717, 1.165) is 0 Å². The first-order chi connectivity index (χ1) is 10.5. The summed E-state index contributed by atoms with van der Waals surface area (Å²) in [4.78, 5) is 24.2. The van der Waals surface area contributed by atoms with Crippen molar-refractivity contribution in [3.05, 3.63) is 59.7 Å². The van der Waals surface area contributed by atoms with Crippen LogP contribution in [0.1, 0.15) is 27.6 Å². The first-order valence-electron chi connectivity index (χ1n) is 6.76. The van der Waals surface area contributed by atoms with Gasteiger partial charge in [-0.2, -0.15) is 0 Å². The van der Waals surface area contributed by atoms with Crippen LogP contribution in [0.25, 0.3) is 0 Å². The Bertz CT molecular complexity index is 662. The number of carbonyl (C=O) groups excluding carboxylic acids is 2. The van der Waals surface area contributed by atoms with Gasteiger partial charge in [0.1, 0.15) is 5.75 Å². The van der Waals surface area contributed by atoms with E-state index in [1.165, 1.54) is 0 Å². The van der Waals surface area contributed by atoms with Crippen LogP contribution in [0.3, 0.4) is 0 Å². The Hall–Kier alpha value is -2.82. The number of hydrogen-bond donors (Lipinski definition) is 1. The lowest BCUT2D eigenvalue weighted by atomic mass is 10.1. The maximum atomic E-state index is 12.2. The van der Waals surface area contributed by atoms with Crippen LogP contribution in [-0.2, 0) is 4.74 Å². The van der Waals surface area contributed by atoms with Gasteiger partial charge in [0.15, 0.2) is 6.10 Å². The van der Waals surface area contributed by atoms with E-state index in [-0.39, 0.29) is 5.78 Å². The van der Waals surface area contributed by atoms with Crippen LogP contribution in [0.4, 0.5) is 5.69 Å². The van der Waals surface area contributed by atoms with Crippen molar-refractivity contribution in [2.24, 2.45) is 0 Å². The molecule has 2 aromatic rings. The Kier molecular flexibility index (Phi) is 4.78. The topological polar surface area (TPSA) is 78.6 Å². The largest absolute Gasteiger partial charge is 0.497 e. The highest BCUT2D eigenvalue weighted by Crippen LogP contribution is 2.15. The fourth-order valence-corrected chi connectivity index (χ4v) is 1.89. The van der Waals surface area contributed by atoms with Gasteiger partial charge in [0.25, 0.3) is 0 Å². The zero-order chi connectivity index (χ0) is 16.1. The second-order valence-corrected chi connectivity index (χ2v) is 4.76. The molecular weight excluding hydrogens is 282 g/mol. The highest BCUT2D eigenvalue weighted by molar-refractivity contribution is 6.01. The Labute approximate surface area is 128 Å². The summed E-state index contributed by atoms with van der Waals surface area (Å²) in [6.07, 6.45) is -0.876. The lowest BCUT2D eigenvalue weighted by Gasteiger charge is -2.12. The van der Waals surface area contributed by atoms with Crippen molar-refractivity contribution in [1.29, 1.82) is 0 Å². The second-order valence-electron chi connectivity index (χ2n) is 4.76. The van der Waals surface area contributed by atoms with E-state index in [4.69, 9.17) is 15.2 Å². The third-order valence-corrected chi connectivity index (χ3v) is 3.17. The van der Waals surface area contributed by atoms with Crippen molar-refractivity contribution >= 4 is 17.4 Å². The molecule has 22 heavy (non-hydrogen) atoms. The van der Waals surface area contributed by atoms with Gasteiger partial charge in [-0.05, 0) is 55.5 Å². The van der Waals surface area contributed by atoms with Crippen LogP contribution in [-0.4, -0.2) is 25.0 Å². The summed E-state index contributed by atoms with van der Waals surface area (Å²) in [5.41, 5.74) is 6.92. The molecule has 1 atom stereocenters. The number of benzene rings is 2. The lowest BCUT2D eigenvalue weighted by Crippen LogP contribution is -2.24. The minimum atomic E-state index is -0.876. The van der Waals surface area contributed by atoms with Gasteiger partial charge in [-0.1, -0.05) is 0 Å². The molecule has 0 saturated carbocycles. The number of nitrogen functional groups attached to an aromatic ring is 1. The third-order valence-electron chi connectivity index (χ3n) is 3.17. The van der Waals surface area contributed by atoms with E-state index in [9.17, 15) is 9.59 Å². The van der Waals surface area contributed by atoms with Crippen molar-refractivity contribution in [3.8, 4) is 5.75 Å². The number of ether oxygens (including phenoxy) is 2. The Morgan fingerprint density at radius 2 is 1.50 bits per heavy atom. The van der Waals surface area contributed by atoms with Gasteiger partial charge in [0.2, 0.25) is 5.78 Å². The third kappa shape index (κ3) is 3.63. The summed E-state index contributed by atoms with van der Waals surface area (Å²) in [6, 6.07) is 13.0. The lowest BCUT2D eigenvalue weighted by molar-refractivity contribution is 0.0319. The molecule has 0 fully saturated rings. The zero-order valence-electron chi connectivity index (χ0n) is 12.4. The summed E-state index contributed by atoms with van der Waals surface area (Å²) in [5, 5.41) is 0. The van der Waals surface area contributed by atoms with Crippen LogP contribution >= 0.6 is 0 Å². The van der Waals surface area contributed by atoms with Crippen molar-refractivity contribution in [2.75, 3.05) is 12.8 Å². The van der Waals surface area contributed by atoms with Crippen LogP contribution in [0.2, 0.25) is 0 Å². The molecule has 0 spiro atoms. The predicted molar refractivity (Wildman–Crippen MR) is 83.1 cm³/mol. The number of methoxy groups -OCH3 is 1. The summed E-state index contributed by atoms with van der Waals surface area (Å²) in [7, 11) is 1.55. The summed E-state index contributed by atoms with van der Waals surface area (Å²) in [5.74, 6) is -0.177. The fourth-order valence-electron chi connectivity index (χ4n) is 1.89. The van der Waals surface area contributed by atoms with Gasteiger partial charge in [-0.3, -0.25) is 4.79 Å². The number of rotatable bonds is 5. The number of Topliss-reactive ketones (excluding diaryl/α,β-unsaturated/α-hetero) is 1. The number of anilines is 1. The zero-order valence-corrected chi connectivity index (χ0v) is 12.4. The molecule has 1 unspecified atom stereocenters. The molecule has 0 aliphatic rings. The highest BCUT2D eigenvalue weighted by Gasteiger charge is 2.20. The normalized spacial score (nSPS) is 11.5. The van der Waals surface area contributed by atoms with Crippen molar-refractivity contribution in [3.63, 3.8) is 0 Å². The smallest absolute Gasteiger partial charge is 0.338 e. The van der Waals surface area contributed by atoms with Gasteiger partial charge in [0, 0.05) is 11.3 Å². The minimum Gasteiger partial charge on any atom is -0.497 e.